The zero-order valence-corrected chi connectivity index (χ0v) is 48.3. The lowest BCUT2D eigenvalue weighted by Gasteiger charge is -2.28. The molecule has 86 heavy (non-hydrogen) atoms. The third-order valence-corrected chi connectivity index (χ3v) is 12.1. The number of nitrogens with two attached hydrogens (primary N) is 7. The zero-order chi connectivity index (χ0) is 66.0. The van der Waals surface area contributed by atoms with Crippen LogP contribution in [0.4, 0.5) is 0 Å². The summed E-state index contributed by atoms with van der Waals surface area (Å²) in [4.78, 5) is 191. The van der Waals surface area contributed by atoms with Crippen LogP contribution in [0, 0.1) is 11.8 Å². The largest absolute Gasteiger partial charge is 0.481 e. The van der Waals surface area contributed by atoms with Crippen LogP contribution in [0.2, 0.25) is 0 Å². The molecule has 0 aliphatic carbocycles. The Balaban J connectivity index is 7.26. The summed E-state index contributed by atoms with van der Waals surface area (Å²) in [5, 5.41) is 68.8. The van der Waals surface area contributed by atoms with Gasteiger partial charge in [-0.15, -0.1) is 0 Å². The molecule has 37 heteroatoms. The summed E-state index contributed by atoms with van der Waals surface area (Å²) in [5.41, 5.74) is 37.9. The quantitative estimate of drug-likeness (QED) is 0.0153. The van der Waals surface area contributed by atoms with Gasteiger partial charge < -0.3 is 114 Å². The molecule has 486 valence electrons. The van der Waals surface area contributed by atoms with Crippen LogP contribution in [0.15, 0.2) is 9.98 Å². The van der Waals surface area contributed by atoms with Crippen molar-refractivity contribution in [2.45, 2.75) is 172 Å². The number of hydrogen-bond acceptors (Lipinski definition) is 19. The van der Waals surface area contributed by atoms with Gasteiger partial charge in [0.2, 0.25) is 65.0 Å². The van der Waals surface area contributed by atoms with Crippen molar-refractivity contribution in [3.05, 3.63) is 0 Å². The first-order valence-corrected chi connectivity index (χ1v) is 27.2. The standard InChI is InChI=1S/C49H86N18O19/c1-22(2)17-30(64-46(84)33(21-69)67-38(76)24(50)20-68)44(82)60-26(8-6-16-58-49(55)56)40(78)65-31(19-37(74)75)45(83)63-27(9-12-34(51)70)41(79)59-25(7-5-15-57-48(53)54)39(77)62-29(11-14-36(72)73)42(80)61-28(10-13-35(52)71)43(81)66-32(47(85)86)18-23(3)4/h22-33,68-69H,5-21,50H2,1-4H3,(H2,51,70)(H2,52,71)(H,59,79)(H,60,82)(H,61,80)(H,62,77)(H,63,83)(H,64,84)(H,65,78)(H,66,81)(H,67,76)(H,72,73)(H,74,75)(H,85,86)(H4,53,54,57)(H4,55,56,58)/t24-,25-,26-,27-,28-,29-,30-,31-,32-,33-/m0/s1. The van der Waals surface area contributed by atoms with Crippen molar-refractivity contribution >= 4 is 94.8 Å². The number of primary amides is 2. The van der Waals surface area contributed by atoms with E-state index < -0.39 is 201 Å². The van der Waals surface area contributed by atoms with Gasteiger partial charge in [-0.2, -0.15) is 0 Å². The van der Waals surface area contributed by atoms with Gasteiger partial charge in [-0.3, -0.25) is 72.3 Å². The molecule has 0 rings (SSSR count). The highest BCUT2D eigenvalue weighted by molar-refractivity contribution is 5.99. The Bertz CT molecular complexity index is 2420. The minimum absolute atomic E-state index is 0.0553. The predicted octanol–water partition coefficient (Wildman–Crippen LogP) is -9.18. The molecule has 0 aromatic heterocycles. The van der Waals surface area contributed by atoms with Gasteiger partial charge in [-0.05, 0) is 69.6 Å². The first kappa shape index (κ1) is 77.0. The maximum absolute atomic E-state index is 14.2. The number of aliphatic imine (C=N–C) groups is 2. The van der Waals surface area contributed by atoms with E-state index in [1.807, 2.05) is 0 Å². The molecule has 37 nitrogen and oxygen atoms in total. The number of carboxylic acid groups (broad SMARTS) is 3. The van der Waals surface area contributed by atoms with Crippen molar-refractivity contribution in [1.29, 1.82) is 0 Å². The van der Waals surface area contributed by atoms with E-state index in [4.69, 9.17) is 40.1 Å². The van der Waals surface area contributed by atoms with Gasteiger partial charge in [-0.25, -0.2) is 4.79 Å². The molecule has 0 saturated carbocycles. The van der Waals surface area contributed by atoms with Gasteiger partial charge in [0.05, 0.1) is 19.6 Å². The van der Waals surface area contributed by atoms with E-state index in [1.165, 1.54) is 0 Å². The summed E-state index contributed by atoms with van der Waals surface area (Å²) >= 11 is 0. The molecule has 0 fully saturated rings. The number of carbonyl (C=O) groups excluding carboxylic acids is 11. The molecule has 0 aliphatic rings. The lowest BCUT2D eigenvalue weighted by atomic mass is 10.0. The molecular weight excluding hydrogens is 1140 g/mol. The number of aliphatic hydroxyl groups excluding tert-OH is 2. The van der Waals surface area contributed by atoms with Crippen LogP contribution >= 0.6 is 0 Å². The first-order valence-electron chi connectivity index (χ1n) is 27.2. The van der Waals surface area contributed by atoms with E-state index in [9.17, 15) is 92.7 Å². The van der Waals surface area contributed by atoms with Crippen molar-refractivity contribution in [3.8, 4) is 0 Å². The number of amides is 11. The lowest BCUT2D eigenvalue weighted by Crippen LogP contribution is -2.61. The average molecular weight is 1230 g/mol. The Morgan fingerprint density at radius 2 is 0.674 bits per heavy atom. The van der Waals surface area contributed by atoms with E-state index in [-0.39, 0.29) is 75.4 Å². The van der Waals surface area contributed by atoms with Crippen molar-refractivity contribution in [3.63, 3.8) is 0 Å². The molecule has 0 spiro atoms. The molecule has 0 heterocycles. The van der Waals surface area contributed by atoms with Gasteiger partial charge in [0.15, 0.2) is 11.9 Å². The van der Waals surface area contributed by atoms with Crippen molar-refractivity contribution in [1.82, 2.24) is 47.9 Å². The normalized spacial score (nSPS) is 14.4. The van der Waals surface area contributed by atoms with Crippen molar-refractivity contribution in [2.75, 3.05) is 26.3 Å². The molecule has 0 saturated heterocycles. The topological polar surface area (TPSA) is 655 Å². The predicted molar refractivity (Wildman–Crippen MR) is 302 cm³/mol. The Hall–Kier alpha value is -9.00. The molecule has 0 aliphatic heterocycles. The summed E-state index contributed by atoms with van der Waals surface area (Å²) in [7, 11) is 0. The third-order valence-electron chi connectivity index (χ3n) is 12.1. The summed E-state index contributed by atoms with van der Waals surface area (Å²) in [5.74, 6) is -18.4. The number of aliphatic hydroxyl groups is 2. The molecule has 0 aromatic carbocycles. The van der Waals surface area contributed by atoms with Crippen LogP contribution in [-0.4, -0.2) is 207 Å². The SMILES string of the molecule is CC(C)C[C@H](NC(=O)[C@H](CCC(N)=O)NC(=O)[C@H](CCC(=O)O)NC(=O)[C@H](CCCN=C(N)N)NC(=O)[C@H](CCC(N)=O)NC(=O)[C@H](CC(=O)O)NC(=O)[C@H](CCCN=C(N)N)NC(=O)[C@H](CC(C)C)NC(=O)[C@H](CO)NC(=O)[C@@H](N)CO)C(=O)O. The van der Waals surface area contributed by atoms with E-state index in [0.29, 0.717) is 0 Å². The molecule has 11 amide bonds. The maximum atomic E-state index is 14.2. The van der Waals surface area contributed by atoms with Crippen molar-refractivity contribution in [2.24, 2.45) is 62.0 Å². The number of nitrogens with zero attached hydrogens (tertiary/aromatic N) is 2. The monoisotopic (exact) mass is 1230 g/mol. The Labute approximate surface area is 494 Å². The van der Waals surface area contributed by atoms with E-state index in [0.717, 1.165) is 0 Å². The molecule has 0 radical (unpaired) electrons. The fraction of sp³-hybridized carbons (Fsp3) is 0.673. The maximum Gasteiger partial charge on any atom is 0.326 e. The summed E-state index contributed by atoms with van der Waals surface area (Å²) in [6.07, 6.45) is -6.01. The first-order chi connectivity index (χ1) is 40.1. The average Bonchev–Trinajstić information content (AvgIpc) is 2.99. The molecular formula is C49H86N18O19. The second-order valence-electron chi connectivity index (χ2n) is 20.6. The highest BCUT2D eigenvalue weighted by atomic mass is 16.4. The fourth-order valence-corrected chi connectivity index (χ4v) is 7.71. The summed E-state index contributed by atoms with van der Waals surface area (Å²) < 4.78 is 0. The van der Waals surface area contributed by atoms with Crippen LogP contribution < -0.4 is 88.0 Å². The minimum Gasteiger partial charge on any atom is -0.481 e. The molecule has 28 N–H and O–H groups in total. The van der Waals surface area contributed by atoms with Gasteiger partial charge in [0.1, 0.15) is 60.4 Å². The summed E-state index contributed by atoms with van der Waals surface area (Å²) in [6, 6.07) is -17.0. The number of nitrogens with one attached hydrogen (secondary N) is 9. The third kappa shape index (κ3) is 32.7. The Morgan fingerprint density at radius 3 is 1.00 bits per heavy atom. The zero-order valence-electron chi connectivity index (χ0n) is 48.3. The molecule has 10 atom stereocenters. The summed E-state index contributed by atoms with van der Waals surface area (Å²) in [6.45, 7) is 4.55. The van der Waals surface area contributed by atoms with Crippen LogP contribution in [0.3, 0.4) is 0 Å². The van der Waals surface area contributed by atoms with Gasteiger partial charge in [-0.1, -0.05) is 27.7 Å². The molecule has 0 unspecified atom stereocenters. The fourth-order valence-electron chi connectivity index (χ4n) is 7.71. The van der Waals surface area contributed by atoms with Gasteiger partial charge in [0.25, 0.3) is 0 Å². The number of carbonyl (C=O) groups is 14. The number of hydrogen-bond donors (Lipinski definition) is 21. The Kier molecular flexibility index (Phi) is 36.1. The lowest BCUT2D eigenvalue weighted by molar-refractivity contribution is -0.143. The second-order valence-corrected chi connectivity index (χ2v) is 20.6. The van der Waals surface area contributed by atoms with E-state index >= 15 is 0 Å². The van der Waals surface area contributed by atoms with Crippen LogP contribution in [0.25, 0.3) is 0 Å². The number of rotatable bonds is 44. The van der Waals surface area contributed by atoms with Crippen LogP contribution in [-0.2, 0) is 67.1 Å². The van der Waals surface area contributed by atoms with Crippen LogP contribution in [0.5, 0.6) is 0 Å². The minimum atomic E-state index is -2.10. The second kappa shape index (κ2) is 40.3. The van der Waals surface area contributed by atoms with E-state index in [2.05, 4.69) is 57.8 Å². The van der Waals surface area contributed by atoms with Crippen LogP contribution in [0.1, 0.15) is 111 Å². The smallest absolute Gasteiger partial charge is 0.326 e. The van der Waals surface area contributed by atoms with Crippen molar-refractivity contribution < 1.29 is 92.7 Å². The van der Waals surface area contributed by atoms with E-state index in [1.54, 1.807) is 27.7 Å². The molecule has 0 aromatic rings. The Morgan fingerprint density at radius 1 is 0.372 bits per heavy atom. The number of carboxylic acids is 3. The highest BCUT2D eigenvalue weighted by Gasteiger charge is 2.37. The molecule has 0 bridgehead atoms. The van der Waals surface area contributed by atoms with Gasteiger partial charge >= 0.3 is 17.9 Å². The number of guanidine groups is 2. The number of aliphatic carboxylic acids is 3. The van der Waals surface area contributed by atoms with Gasteiger partial charge in [0, 0.05) is 32.4 Å². The highest BCUT2D eigenvalue weighted by Crippen LogP contribution is 2.12.